The van der Waals surface area contributed by atoms with Gasteiger partial charge in [-0.2, -0.15) is 0 Å². The first-order chi connectivity index (χ1) is 4.08. The molecule has 0 aliphatic heterocycles. The summed E-state index contributed by atoms with van der Waals surface area (Å²) in [6, 6.07) is 0. The molecule has 62 valence electrons. The van der Waals surface area contributed by atoms with Crippen LogP contribution in [-0.2, 0) is 0 Å². The van der Waals surface area contributed by atoms with E-state index < -0.39 is 17.9 Å². The van der Waals surface area contributed by atoms with Gasteiger partial charge in [-0.3, -0.25) is 0 Å². The Labute approximate surface area is 63.8 Å². The van der Waals surface area contributed by atoms with Crippen molar-refractivity contribution in [2.75, 3.05) is 13.2 Å². The molecule has 0 aromatic heterocycles. The van der Waals surface area contributed by atoms with Crippen molar-refractivity contribution in [2.24, 2.45) is 11.1 Å². The summed E-state index contributed by atoms with van der Waals surface area (Å²) in [4.78, 5) is 0. The molecule has 0 spiro atoms. The van der Waals surface area contributed by atoms with Crippen molar-refractivity contribution >= 4 is 12.4 Å². The van der Waals surface area contributed by atoms with Crippen molar-refractivity contribution in [1.82, 2.24) is 0 Å². The van der Waals surface area contributed by atoms with Gasteiger partial charge in [-0.15, -0.1) is 12.4 Å². The SMILES string of the molecule is Cl.NCC1(CO)CC1(F)F. The zero-order valence-corrected chi connectivity index (χ0v) is 6.13. The van der Waals surface area contributed by atoms with Gasteiger partial charge in [-0.25, -0.2) is 8.78 Å². The standard InChI is InChI=1S/C5H9F2NO.ClH/c6-5(7)1-4(5,2-8)3-9;/h9H,1-3,8H2;1H. The number of halogens is 3. The first kappa shape index (κ1) is 10.1. The molecule has 1 aliphatic carbocycles. The summed E-state index contributed by atoms with van der Waals surface area (Å²) < 4.78 is 24.4. The van der Waals surface area contributed by atoms with Gasteiger partial charge in [0.05, 0.1) is 12.0 Å². The Hall–Kier alpha value is 0.0700. The Morgan fingerprint density at radius 2 is 1.90 bits per heavy atom. The maximum absolute atomic E-state index is 12.2. The van der Waals surface area contributed by atoms with Gasteiger partial charge < -0.3 is 10.8 Å². The van der Waals surface area contributed by atoms with Gasteiger partial charge in [-0.1, -0.05) is 0 Å². The van der Waals surface area contributed by atoms with Crippen LogP contribution in [0.15, 0.2) is 0 Å². The van der Waals surface area contributed by atoms with Gasteiger partial charge in [0, 0.05) is 13.0 Å². The van der Waals surface area contributed by atoms with Crippen LogP contribution in [0.4, 0.5) is 8.78 Å². The maximum Gasteiger partial charge on any atom is 0.258 e. The molecule has 0 aromatic rings. The van der Waals surface area contributed by atoms with Crippen molar-refractivity contribution in [3.8, 4) is 0 Å². The minimum absolute atomic E-state index is 0. The third-order valence-electron chi connectivity index (χ3n) is 1.90. The minimum Gasteiger partial charge on any atom is -0.396 e. The molecule has 1 aliphatic rings. The van der Waals surface area contributed by atoms with E-state index in [0.717, 1.165) is 0 Å². The van der Waals surface area contributed by atoms with Crippen LogP contribution in [0.5, 0.6) is 0 Å². The van der Waals surface area contributed by atoms with Crippen LogP contribution in [0.25, 0.3) is 0 Å². The van der Waals surface area contributed by atoms with Gasteiger partial charge in [0.15, 0.2) is 0 Å². The molecule has 10 heavy (non-hydrogen) atoms. The van der Waals surface area contributed by atoms with Gasteiger partial charge >= 0.3 is 0 Å². The third kappa shape index (κ3) is 1.11. The van der Waals surface area contributed by atoms with E-state index in [1.807, 2.05) is 0 Å². The van der Waals surface area contributed by atoms with Crippen molar-refractivity contribution in [3.63, 3.8) is 0 Å². The number of aliphatic hydroxyl groups is 1. The number of hydrogen-bond acceptors (Lipinski definition) is 2. The predicted octanol–water partition coefficient (Wildman–Crippen LogP) is 0.385. The van der Waals surface area contributed by atoms with Crippen molar-refractivity contribution in [2.45, 2.75) is 12.3 Å². The molecule has 0 saturated heterocycles. The van der Waals surface area contributed by atoms with Crippen LogP contribution in [0, 0.1) is 5.41 Å². The largest absolute Gasteiger partial charge is 0.396 e. The van der Waals surface area contributed by atoms with E-state index in [1.165, 1.54) is 0 Å². The lowest BCUT2D eigenvalue weighted by atomic mass is 10.1. The van der Waals surface area contributed by atoms with Crippen LogP contribution < -0.4 is 5.73 Å². The van der Waals surface area contributed by atoms with E-state index in [1.54, 1.807) is 0 Å². The molecular weight excluding hydrogens is 164 g/mol. The molecule has 1 saturated carbocycles. The summed E-state index contributed by atoms with van der Waals surface area (Å²) in [5.74, 6) is -2.71. The maximum atomic E-state index is 12.2. The fraction of sp³-hybridized carbons (Fsp3) is 1.00. The smallest absolute Gasteiger partial charge is 0.258 e. The fourth-order valence-corrected chi connectivity index (χ4v) is 0.838. The Kier molecular flexibility index (Phi) is 2.62. The number of aliphatic hydroxyl groups excluding tert-OH is 1. The first-order valence-electron chi connectivity index (χ1n) is 2.77. The second-order valence-corrected chi connectivity index (χ2v) is 2.52. The third-order valence-corrected chi connectivity index (χ3v) is 1.90. The molecular formula is C5H10ClF2NO. The second-order valence-electron chi connectivity index (χ2n) is 2.52. The van der Waals surface area contributed by atoms with Crippen molar-refractivity contribution < 1.29 is 13.9 Å². The molecule has 0 heterocycles. The van der Waals surface area contributed by atoms with Crippen molar-refractivity contribution in [3.05, 3.63) is 0 Å². The van der Waals surface area contributed by atoms with Crippen LogP contribution in [0.1, 0.15) is 6.42 Å². The van der Waals surface area contributed by atoms with Gasteiger partial charge in [0.1, 0.15) is 0 Å². The topological polar surface area (TPSA) is 46.2 Å². The van der Waals surface area contributed by atoms with E-state index >= 15 is 0 Å². The highest BCUT2D eigenvalue weighted by Crippen LogP contribution is 2.59. The lowest BCUT2D eigenvalue weighted by Crippen LogP contribution is -2.25. The summed E-state index contributed by atoms with van der Waals surface area (Å²) >= 11 is 0. The summed E-state index contributed by atoms with van der Waals surface area (Å²) in [6.07, 6.45) is -0.257. The lowest BCUT2D eigenvalue weighted by Gasteiger charge is -2.07. The molecule has 0 bridgehead atoms. The van der Waals surface area contributed by atoms with E-state index in [-0.39, 0.29) is 25.4 Å². The highest BCUT2D eigenvalue weighted by Gasteiger charge is 2.69. The summed E-state index contributed by atoms with van der Waals surface area (Å²) in [6.45, 7) is -0.632. The number of alkyl halides is 2. The predicted molar refractivity (Wildman–Crippen MR) is 35.4 cm³/mol. The summed E-state index contributed by atoms with van der Waals surface area (Å²) in [7, 11) is 0. The zero-order valence-electron chi connectivity index (χ0n) is 5.31. The number of hydrogen-bond donors (Lipinski definition) is 2. The van der Waals surface area contributed by atoms with E-state index in [4.69, 9.17) is 10.8 Å². The molecule has 0 amide bonds. The summed E-state index contributed by atoms with van der Waals surface area (Å²) in [5.41, 5.74) is 3.74. The Morgan fingerprint density at radius 1 is 1.50 bits per heavy atom. The number of rotatable bonds is 2. The Bertz CT molecular complexity index is 127. The van der Waals surface area contributed by atoms with Gasteiger partial charge in [0.25, 0.3) is 5.92 Å². The second kappa shape index (κ2) is 2.60. The lowest BCUT2D eigenvalue weighted by molar-refractivity contribution is 0.0407. The quantitative estimate of drug-likeness (QED) is 0.635. The first-order valence-corrected chi connectivity index (χ1v) is 2.77. The zero-order chi connectivity index (χ0) is 7.12. The van der Waals surface area contributed by atoms with Crippen LogP contribution in [-0.4, -0.2) is 24.2 Å². The normalized spacial score (nSPS) is 34.8. The van der Waals surface area contributed by atoms with E-state index in [9.17, 15) is 8.78 Å². The average Bonchev–Trinajstić information content (AvgIpc) is 2.35. The fourth-order valence-electron chi connectivity index (χ4n) is 0.838. The minimum atomic E-state index is -2.71. The molecule has 1 rings (SSSR count). The molecule has 5 heteroatoms. The molecule has 1 atom stereocenters. The average molecular weight is 174 g/mol. The molecule has 0 radical (unpaired) electrons. The van der Waals surface area contributed by atoms with Crippen molar-refractivity contribution in [1.29, 1.82) is 0 Å². The van der Waals surface area contributed by atoms with Crippen LogP contribution in [0.3, 0.4) is 0 Å². The van der Waals surface area contributed by atoms with E-state index in [2.05, 4.69) is 0 Å². The van der Waals surface area contributed by atoms with Gasteiger partial charge in [0.2, 0.25) is 0 Å². The highest BCUT2D eigenvalue weighted by atomic mass is 35.5. The Morgan fingerprint density at radius 3 is 1.90 bits per heavy atom. The monoisotopic (exact) mass is 173 g/mol. The molecule has 2 nitrogen and oxygen atoms in total. The number of nitrogens with two attached hydrogens (primary N) is 1. The van der Waals surface area contributed by atoms with Crippen LogP contribution in [0.2, 0.25) is 0 Å². The van der Waals surface area contributed by atoms with Crippen LogP contribution >= 0.6 is 12.4 Å². The molecule has 0 aromatic carbocycles. The molecule has 3 N–H and O–H groups in total. The molecule has 1 fully saturated rings. The molecule has 1 unspecified atom stereocenters. The summed E-state index contributed by atoms with van der Waals surface area (Å²) in [5, 5.41) is 8.43. The van der Waals surface area contributed by atoms with E-state index in [0.29, 0.717) is 0 Å². The Balaban J connectivity index is 0.000000810. The van der Waals surface area contributed by atoms with Gasteiger partial charge in [-0.05, 0) is 0 Å². The highest BCUT2D eigenvalue weighted by molar-refractivity contribution is 5.85.